The summed E-state index contributed by atoms with van der Waals surface area (Å²) in [5.74, 6) is -1.31. The maximum atomic E-state index is 13.6. The molecule has 1 N–H and O–H groups in total. The minimum Gasteiger partial charge on any atom is -0.504 e. The first kappa shape index (κ1) is 15.5. The molecule has 0 radical (unpaired) electrons. The Labute approximate surface area is 135 Å². The van der Waals surface area contributed by atoms with Crippen molar-refractivity contribution in [1.82, 2.24) is 0 Å². The third kappa shape index (κ3) is 3.52. The van der Waals surface area contributed by atoms with Gasteiger partial charge in [-0.15, -0.1) is 0 Å². The summed E-state index contributed by atoms with van der Waals surface area (Å²) in [7, 11) is 0. The normalized spacial score (nSPS) is 14.2. The largest absolute Gasteiger partial charge is 0.504 e. The highest BCUT2D eigenvalue weighted by molar-refractivity contribution is 5.79. The number of aldehydes is 1. The van der Waals surface area contributed by atoms with Gasteiger partial charge in [0.05, 0.1) is 5.56 Å². The molecule has 2 aromatic rings. The van der Waals surface area contributed by atoms with Crippen molar-refractivity contribution < 1.29 is 14.3 Å². The molecule has 0 aromatic heterocycles. The fraction of sp³-hybridized carbons (Fsp3) is 0.316. The van der Waals surface area contributed by atoms with E-state index in [0.717, 1.165) is 19.5 Å². The number of halogens is 1. The highest BCUT2D eigenvalue weighted by Crippen LogP contribution is 2.24. The second-order valence-electron chi connectivity index (χ2n) is 6.00. The van der Waals surface area contributed by atoms with Gasteiger partial charge in [0, 0.05) is 18.8 Å². The molecule has 1 aliphatic heterocycles. The predicted molar refractivity (Wildman–Crippen MR) is 88.7 cm³/mol. The number of nitrogens with zero attached hydrogens (tertiary/aromatic N) is 1. The van der Waals surface area contributed by atoms with Gasteiger partial charge in [0.1, 0.15) is 0 Å². The van der Waals surface area contributed by atoms with Crippen LogP contribution in [-0.4, -0.2) is 24.5 Å². The van der Waals surface area contributed by atoms with Crippen LogP contribution in [0.1, 0.15) is 34.3 Å². The Hall–Kier alpha value is -2.36. The van der Waals surface area contributed by atoms with Gasteiger partial charge in [-0.1, -0.05) is 12.1 Å². The lowest BCUT2D eigenvalue weighted by molar-refractivity contribution is 0.112. The molecule has 1 heterocycles. The van der Waals surface area contributed by atoms with Crippen LogP contribution in [0.5, 0.6) is 5.75 Å². The standard InChI is InChI=1S/C19H20FNO2/c20-18-12-15(10-16(13-22)19(18)23)7-6-14-4-3-5-17(11-14)21-8-1-2-9-21/h3-5,10-13,23H,1-2,6-9H2. The lowest BCUT2D eigenvalue weighted by Crippen LogP contribution is -2.17. The molecule has 0 amide bonds. The fourth-order valence-corrected chi connectivity index (χ4v) is 3.09. The van der Waals surface area contributed by atoms with Gasteiger partial charge in [-0.3, -0.25) is 4.79 Å². The molecule has 3 nitrogen and oxygen atoms in total. The van der Waals surface area contributed by atoms with Crippen LogP contribution in [0.4, 0.5) is 10.1 Å². The van der Waals surface area contributed by atoms with E-state index in [2.05, 4.69) is 29.2 Å². The minimum absolute atomic E-state index is 0.00539. The van der Waals surface area contributed by atoms with Crippen molar-refractivity contribution in [2.24, 2.45) is 0 Å². The Balaban J connectivity index is 1.72. The quantitative estimate of drug-likeness (QED) is 0.855. The first-order valence-electron chi connectivity index (χ1n) is 7.98. The summed E-state index contributed by atoms with van der Waals surface area (Å²) in [4.78, 5) is 13.2. The van der Waals surface area contributed by atoms with Crippen LogP contribution < -0.4 is 4.90 Å². The van der Waals surface area contributed by atoms with Gasteiger partial charge >= 0.3 is 0 Å². The van der Waals surface area contributed by atoms with Crippen LogP contribution in [0, 0.1) is 5.82 Å². The molecule has 1 saturated heterocycles. The average molecular weight is 313 g/mol. The molecule has 0 unspecified atom stereocenters. The number of phenols is 1. The van der Waals surface area contributed by atoms with Crippen LogP contribution in [-0.2, 0) is 12.8 Å². The van der Waals surface area contributed by atoms with E-state index in [-0.39, 0.29) is 5.56 Å². The van der Waals surface area contributed by atoms with Crippen molar-refractivity contribution in [3.05, 3.63) is 58.9 Å². The van der Waals surface area contributed by atoms with Crippen LogP contribution >= 0.6 is 0 Å². The zero-order valence-corrected chi connectivity index (χ0v) is 13.0. The van der Waals surface area contributed by atoms with Gasteiger partial charge in [0.2, 0.25) is 0 Å². The van der Waals surface area contributed by atoms with Crippen molar-refractivity contribution in [3.63, 3.8) is 0 Å². The Bertz CT molecular complexity index is 709. The summed E-state index contributed by atoms with van der Waals surface area (Å²) in [5.41, 5.74) is 3.15. The number of hydrogen-bond acceptors (Lipinski definition) is 3. The molecule has 120 valence electrons. The smallest absolute Gasteiger partial charge is 0.165 e. The second-order valence-corrected chi connectivity index (χ2v) is 6.00. The van der Waals surface area contributed by atoms with Crippen LogP contribution in [0.25, 0.3) is 0 Å². The molecule has 1 fully saturated rings. The Morgan fingerprint density at radius 1 is 1.09 bits per heavy atom. The maximum Gasteiger partial charge on any atom is 0.165 e. The summed E-state index contributed by atoms with van der Waals surface area (Å²) in [6.07, 6.45) is 4.36. The number of aromatic hydroxyl groups is 1. The van der Waals surface area contributed by atoms with E-state index in [0.29, 0.717) is 18.3 Å². The van der Waals surface area contributed by atoms with Gasteiger partial charge in [0.25, 0.3) is 0 Å². The number of phenolic OH excluding ortho intramolecular Hbond substituents is 1. The van der Waals surface area contributed by atoms with Gasteiger partial charge < -0.3 is 10.0 Å². The minimum atomic E-state index is -0.740. The van der Waals surface area contributed by atoms with Crippen molar-refractivity contribution in [2.75, 3.05) is 18.0 Å². The molecule has 2 aromatic carbocycles. The lowest BCUT2D eigenvalue weighted by Gasteiger charge is -2.18. The third-order valence-electron chi connectivity index (χ3n) is 4.36. The van der Waals surface area contributed by atoms with Gasteiger partial charge in [0.15, 0.2) is 17.9 Å². The molecule has 23 heavy (non-hydrogen) atoms. The monoisotopic (exact) mass is 313 g/mol. The van der Waals surface area contributed by atoms with E-state index in [1.807, 2.05) is 0 Å². The summed E-state index contributed by atoms with van der Waals surface area (Å²) in [5, 5.41) is 9.45. The Kier molecular flexibility index (Phi) is 4.60. The Morgan fingerprint density at radius 2 is 1.83 bits per heavy atom. The molecule has 4 heteroatoms. The molecular weight excluding hydrogens is 293 g/mol. The van der Waals surface area contributed by atoms with Crippen molar-refractivity contribution in [2.45, 2.75) is 25.7 Å². The second kappa shape index (κ2) is 6.82. The van der Waals surface area contributed by atoms with E-state index in [4.69, 9.17) is 0 Å². The average Bonchev–Trinajstić information content (AvgIpc) is 3.10. The van der Waals surface area contributed by atoms with Crippen LogP contribution in [0.2, 0.25) is 0 Å². The number of carbonyl (C=O) groups is 1. The zero-order valence-electron chi connectivity index (χ0n) is 13.0. The van der Waals surface area contributed by atoms with Crippen LogP contribution in [0.3, 0.4) is 0 Å². The lowest BCUT2D eigenvalue weighted by atomic mass is 10.0. The number of benzene rings is 2. The molecule has 3 rings (SSSR count). The number of hydrogen-bond donors (Lipinski definition) is 1. The van der Waals surface area contributed by atoms with E-state index in [1.165, 1.54) is 30.2 Å². The SMILES string of the molecule is O=Cc1cc(CCc2cccc(N3CCCC3)c2)cc(F)c1O. The van der Waals surface area contributed by atoms with E-state index in [1.54, 1.807) is 6.07 Å². The Morgan fingerprint density at radius 3 is 2.57 bits per heavy atom. The number of carbonyl (C=O) groups excluding carboxylic acids is 1. The fourth-order valence-electron chi connectivity index (χ4n) is 3.09. The summed E-state index contributed by atoms with van der Waals surface area (Å²) >= 11 is 0. The first-order valence-corrected chi connectivity index (χ1v) is 7.98. The van der Waals surface area contributed by atoms with Crippen LogP contribution in [0.15, 0.2) is 36.4 Å². The van der Waals surface area contributed by atoms with E-state index < -0.39 is 11.6 Å². The molecule has 0 aliphatic carbocycles. The topological polar surface area (TPSA) is 40.5 Å². The maximum absolute atomic E-state index is 13.6. The van der Waals surface area contributed by atoms with Gasteiger partial charge in [-0.05, 0) is 61.1 Å². The molecular formula is C19H20FNO2. The molecule has 0 spiro atoms. The third-order valence-corrected chi connectivity index (χ3v) is 4.36. The highest BCUT2D eigenvalue weighted by atomic mass is 19.1. The van der Waals surface area contributed by atoms with Gasteiger partial charge in [-0.25, -0.2) is 4.39 Å². The number of anilines is 1. The first-order chi connectivity index (χ1) is 11.2. The van der Waals surface area contributed by atoms with E-state index >= 15 is 0 Å². The molecule has 0 atom stereocenters. The zero-order chi connectivity index (χ0) is 16.2. The number of aryl methyl sites for hydroxylation is 2. The van der Waals surface area contributed by atoms with Crippen molar-refractivity contribution >= 4 is 12.0 Å². The highest BCUT2D eigenvalue weighted by Gasteiger charge is 2.13. The summed E-state index contributed by atoms with van der Waals surface area (Å²) < 4.78 is 13.6. The summed E-state index contributed by atoms with van der Waals surface area (Å²) in [6, 6.07) is 11.3. The van der Waals surface area contributed by atoms with Crippen molar-refractivity contribution in [3.8, 4) is 5.75 Å². The van der Waals surface area contributed by atoms with E-state index in [9.17, 15) is 14.3 Å². The molecule has 1 aliphatic rings. The van der Waals surface area contributed by atoms with Gasteiger partial charge in [-0.2, -0.15) is 0 Å². The predicted octanol–water partition coefficient (Wildman–Crippen LogP) is 3.73. The summed E-state index contributed by atoms with van der Waals surface area (Å²) in [6.45, 7) is 2.21. The van der Waals surface area contributed by atoms with Crippen molar-refractivity contribution in [1.29, 1.82) is 0 Å². The molecule has 0 bridgehead atoms. The molecule has 0 saturated carbocycles. The number of rotatable bonds is 5.